The Morgan fingerprint density at radius 2 is 1.83 bits per heavy atom. The van der Waals surface area contributed by atoms with Crippen LogP contribution >= 0.6 is 11.6 Å². The van der Waals surface area contributed by atoms with E-state index in [-0.39, 0.29) is 12.4 Å². The van der Waals surface area contributed by atoms with Crippen molar-refractivity contribution in [1.82, 2.24) is 9.97 Å². The van der Waals surface area contributed by atoms with Crippen molar-refractivity contribution < 1.29 is 13.7 Å². The summed E-state index contributed by atoms with van der Waals surface area (Å²) in [5.74, 6) is 2.13. The summed E-state index contributed by atoms with van der Waals surface area (Å²) in [6.07, 6.45) is 3.90. The van der Waals surface area contributed by atoms with Crippen LogP contribution in [-0.2, 0) is 33.2 Å². The Bertz CT molecular complexity index is 1260. The number of benzene rings is 2. The van der Waals surface area contributed by atoms with E-state index in [4.69, 9.17) is 26.3 Å². The summed E-state index contributed by atoms with van der Waals surface area (Å²) in [4.78, 5) is 24.2. The Hall–Kier alpha value is -2.97. The van der Waals surface area contributed by atoms with Gasteiger partial charge in [0.25, 0.3) is 0 Å². The van der Waals surface area contributed by atoms with Gasteiger partial charge in [-0.1, -0.05) is 35.9 Å². The van der Waals surface area contributed by atoms with E-state index in [2.05, 4.69) is 22.3 Å². The summed E-state index contributed by atoms with van der Waals surface area (Å²) >= 11 is 6.06. The van der Waals surface area contributed by atoms with Gasteiger partial charge in [0.05, 0.1) is 30.0 Å². The van der Waals surface area contributed by atoms with Gasteiger partial charge >= 0.3 is 5.97 Å². The van der Waals surface area contributed by atoms with Gasteiger partial charge in [-0.25, -0.2) is 4.98 Å². The topological polar surface area (TPSA) is 84.4 Å². The molecule has 0 unspecified atom stereocenters. The van der Waals surface area contributed by atoms with Crippen LogP contribution in [0.2, 0.25) is 5.02 Å². The molecule has 0 radical (unpaired) electrons. The zero-order chi connectivity index (χ0) is 25.1. The number of piperidine rings is 1. The number of methoxy groups -OCH3 is 1. The highest BCUT2D eigenvalue weighted by Gasteiger charge is 2.27. The molecular weight excluding hydrogens is 496 g/mol. The van der Waals surface area contributed by atoms with Crippen molar-refractivity contribution in [2.45, 2.75) is 42.9 Å². The number of esters is 1. The minimum Gasteiger partial charge on any atom is -0.469 e. The van der Waals surface area contributed by atoms with Crippen molar-refractivity contribution in [2.75, 3.05) is 36.2 Å². The first-order valence-electron chi connectivity index (χ1n) is 12.2. The number of anilines is 3. The average molecular weight is 525 g/mol. The summed E-state index contributed by atoms with van der Waals surface area (Å²) in [5.41, 5.74) is 3.87. The van der Waals surface area contributed by atoms with E-state index in [1.165, 1.54) is 12.7 Å². The van der Waals surface area contributed by atoms with Crippen molar-refractivity contribution in [1.29, 1.82) is 0 Å². The van der Waals surface area contributed by atoms with Crippen molar-refractivity contribution in [3.05, 3.63) is 70.4 Å². The Morgan fingerprint density at radius 1 is 1.11 bits per heavy atom. The molecule has 9 heteroatoms. The second-order valence-corrected chi connectivity index (χ2v) is 11.1. The van der Waals surface area contributed by atoms with Crippen LogP contribution in [-0.4, -0.2) is 46.1 Å². The molecule has 0 saturated carbocycles. The van der Waals surface area contributed by atoms with Crippen molar-refractivity contribution >= 4 is 45.8 Å². The number of aryl methyl sites for hydroxylation is 1. The van der Waals surface area contributed by atoms with E-state index in [1.54, 1.807) is 0 Å². The number of carbonyl (C=O) groups excluding carboxylic acids is 1. The molecule has 0 aliphatic carbocycles. The molecule has 1 fully saturated rings. The molecule has 7 nitrogen and oxygen atoms in total. The van der Waals surface area contributed by atoms with Crippen LogP contribution in [0.5, 0.6) is 0 Å². The Morgan fingerprint density at radius 3 is 2.53 bits per heavy atom. The normalized spacial score (nSPS) is 17.9. The third-order valence-corrected chi connectivity index (χ3v) is 8.60. The molecule has 1 N–H and O–H groups in total. The lowest BCUT2D eigenvalue weighted by Crippen LogP contribution is -2.35. The highest BCUT2D eigenvalue weighted by atomic mass is 35.5. The summed E-state index contributed by atoms with van der Waals surface area (Å²) in [5, 5.41) is 4.14. The number of hydrogen-bond acceptors (Lipinski definition) is 7. The number of nitrogens with one attached hydrogen (secondary N) is 1. The Kier molecular flexibility index (Phi) is 7.53. The number of halogens is 1. The lowest BCUT2D eigenvalue weighted by molar-refractivity contribution is -0.139. The molecule has 1 aromatic heterocycles. The zero-order valence-electron chi connectivity index (χ0n) is 20.2. The molecule has 3 aromatic rings. The molecule has 36 heavy (non-hydrogen) atoms. The number of aromatic nitrogens is 2. The molecule has 1 atom stereocenters. The Labute approximate surface area is 218 Å². The first kappa shape index (κ1) is 24.7. The second-order valence-electron chi connectivity index (χ2n) is 9.19. The number of ether oxygens (including phenoxy) is 1. The van der Waals surface area contributed by atoms with Gasteiger partial charge < -0.3 is 15.0 Å². The maximum Gasteiger partial charge on any atom is 0.309 e. The molecule has 0 amide bonds. The number of fused-ring (bicyclic) bond motifs is 1. The predicted molar refractivity (Wildman–Crippen MR) is 143 cm³/mol. The number of carbonyl (C=O) groups is 1. The van der Waals surface area contributed by atoms with Gasteiger partial charge in [-0.15, -0.1) is 0 Å². The molecule has 5 rings (SSSR count). The standard InChI is InChI=1S/C27H29ClN4O3S/c1-35-24(33)17-18-4-10-22(11-5-18)29-26-25-23(3-2-16-36(25)34)30-27(31-26)32-14-12-20(13-15-32)19-6-8-21(28)9-7-19/h4-11,20H,2-3,12-17H2,1H3,(H,29,30,31)/t36-/m1/s1. The first-order valence-corrected chi connectivity index (χ1v) is 13.9. The monoisotopic (exact) mass is 524 g/mol. The van der Waals surface area contributed by atoms with Crippen LogP contribution in [0.15, 0.2) is 53.4 Å². The number of nitrogens with zero attached hydrogens (tertiary/aromatic N) is 3. The molecule has 1 saturated heterocycles. The molecule has 0 spiro atoms. The average Bonchev–Trinajstić information content (AvgIpc) is 2.90. The van der Waals surface area contributed by atoms with Crippen LogP contribution in [0.25, 0.3) is 0 Å². The van der Waals surface area contributed by atoms with Crippen molar-refractivity contribution in [2.24, 2.45) is 0 Å². The zero-order valence-corrected chi connectivity index (χ0v) is 21.8. The number of rotatable bonds is 6. The molecule has 0 bridgehead atoms. The third-order valence-electron chi connectivity index (χ3n) is 6.81. The van der Waals surface area contributed by atoms with Crippen molar-refractivity contribution in [3.63, 3.8) is 0 Å². The van der Waals surface area contributed by atoms with Crippen LogP contribution in [0.3, 0.4) is 0 Å². The molecule has 2 aromatic carbocycles. The van der Waals surface area contributed by atoms with Gasteiger partial charge in [0.2, 0.25) is 5.95 Å². The minimum atomic E-state index is -1.14. The lowest BCUT2D eigenvalue weighted by Gasteiger charge is -2.33. The molecular formula is C27H29ClN4O3S. The predicted octanol–water partition coefficient (Wildman–Crippen LogP) is 5.03. The molecule has 188 valence electrons. The fourth-order valence-corrected chi connectivity index (χ4v) is 6.28. The van der Waals surface area contributed by atoms with Gasteiger partial charge in [-0.05, 0) is 67.0 Å². The quantitative estimate of drug-likeness (QED) is 0.453. The Balaban J connectivity index is 1.36. The third kappa shape index (κ3) is 5.55. The summed E-state index contributed by atoms with van der Waals surface area (Å²) in [6, 6.07) is 15.7. The fourth-order valence-electron chi connectivity index (χ4n) is 4.82. The van der Waals surface area contributed by atoms with Crippen LogP contribution < -0.4 is 10.2 Å². The van der Waals surface area contributed by atoms with E-state index in [9.17, 15) is 9.00 Å². The molecule has 2 aliphatic heterocycles. The summed E-state index contributed by atoms with van der Waals surface area (Å²) in [6.45, 7) is 1.72. The highest BCUT2D eigenvalue weighted by Crippen LogP contribution is 2.34. The maximum absolute atomic E-state index is 12.9. The minimum absolute atomic E-state index is 0.222. The van der Waals surface area contributed by atoms with Crippen LogP contribution in [0.1, 0.15) is 42.0 Å². The van der Waals surface area contributed by atoms with Crippen LogP contribution in [0.4, 0.5) is 17.5 Å². The van der Waals surface area contributed by atoms with Gasteiger partial charge in [-0.3, -0.25) is 9.00 Å². The van der Waals surface area contributed by atoms with E-state index < -0.39 is 10.8 Å². The molecule has 3 heterocycles. The first-order chi connectivity index (χ1) is 17.5. The van der Waals surface area contributed by atoms with Gasteiger partial charge in [0.1, 0.15) is 4.90 Å². The summed E-state index contributed by atoms with van der Waals surface area (Å²) in [7, 11) is 0.246. The van der Waals surface area contributed by atoms with Gasteiger partial charge in [0.15, 0.2) is 5.82 Å². The highest BCUT2D eigenvalue weighted by molar-refractivity contribution is 7.85. The van der Waals surface area contributed by atoms with Gasteiger partial charge in [-0.2, -0.15) is 4.98 Å². The van der Waals surface area contributed by atoms with E-state index in [1.807, 2.05) is 36.4 Å². The van der Waals surface area contributed by atoms with E-state index in [0.717, 1.165) is 60.7 Å². The van der Waals surface area contributed by atoms with Crippen molar-refractivity contribution in [3.8, 4) is 0 Å². The fraction of sp³-hybridized carbons (Fsp3) is 0.370. The van der Waals surface area contributed by atoms with E-state index >= 15 is 0 Å². The lowest BCUT2D eigenvalue weighted by atomic mass is 9.89. The SMILES string of the molecule is COC(=O)Cc1ccc(Nc2nc(N3CCC(c4ccc(Cl)cc4)CC3)nc3c2[S@](=O)CCC3)cc1. The number of hydrogen-bond donors (Lipinski definition) is 1. The summed E-state index contributed by atoms with van der Waals surface area (Å²) < 4.78 is 17.7. The van der Waals surface area contributed by atoms with Gasteiger partial charge in [0, 0.05) is 29.6 Å². The van der Waals surface area contributed by atoms with Crippen LogP contribution in [0, 0.1) is 0 Å². The van der Waals surface area contributed by atoms with E-state index in [0.29, 0.717) is 28.3 Å². The largest absolute Gasteiger partial charge is 0.469 e. The second kappa shape index (κ2) is 11.0. The maximum atomic E-state index is 12.9. The smallest absolute Gasteiger partial charge is 0.309 e. The molecule has 2 aliphatic rings.